The van der Waals surface area contributed by atoms with Gasteiger partial charge in [0.2, 0.25) is 0 Å². The van der Waals surface area contributed by atoms with E-state index in [9.17, 15) is 0 Å². The predicted octanol–water partition coefficient (Wildman–Crippen LogP) is 12.3. The molecule has 0 atom stereocenters. The molecule has 0 heterocycles. The molecule has 0 saturated carbocycles. The molecular formula is C33H70O2Si. The van der Waals surface area contributed by atoms with E-state index in [0.29, 0.717) is 0 Å². The summed E-state index contributed by atoms with van der Waals surface area (Å²) in [5, 5.41) is 0. The minimum absolute atomic E-state index is 0.822. The molecule has 0 spiro atoms. The molecule has 0 fully saturated rings. The Bertz CT molecular complexity index is 395. The largest absolute Gasteiger partial charge is 0.394 e. The summed E-state index contributed by atoms with van der Waals surface area (Å²) in [6.07, 6.45) is 35.4. The third-order valence-electron chi connectivity index (χ3n) is 7.89. The van der Waals surface area contributed by atoms with Crippen molar-refractivity contribution in [1.82, 2.24) is 0 Å². The molecule has 2 nitrogen and oxygen atoms in total. The lowest BCUT2D eigenvalue weighted by Crippen LogP contribution is -2.42. The Morgan fingerprint density at radius 2 is 0.528 bits per heavy atom. The van der Waals surface area contributed by atoms with E-state index in [1.807, 2.05) is 0 Å². The lowest BCUT2D eigenvalue weighted by molar-refractivity contribution is 0.180. The summed E-state index contributed by atoms with van der Waals surface area (Å²) >= 11 is 0. The van der Waals surface area contributed by atoms with Crippen LogP contribution >= 0.6 is 0 Å². The summed E-state index contributed by atoms with van der Waals surface area (Å²) in [6.45, 7) is 10.6. The van der Waals surface area contributed by atoms with Crippen LogP contribution in [0.2, 0.25) is 12.1 Å². The van der Waals surface area contributed by atoms with E-state index < -0.39 is 8.56 Å². The molecule has 0 bridgehead atoms. The highest BCUT2D eigenvalue weighted by atomic mass is 28.4. The van der Waals surface area contributed by atoms with Gasteiger partial charge in [-0.2, -0.15) is 0 Å². The van der Waals surface area contributed by atoms with Crippen molar-refractivity contribution < 1.29 is 8.85 Å². The van der Waals surface area contributed by atoms with Gasteiger partial charge in [0.1, 0.15) is 0 Å². The maximum Gasteiger partial charge on any atom is 0.338 e. The second-order valence-corrected chi connectivity index (χ2v) is 14.8. The summed E-state index contributed by atoms with van der Waals surface area (Å²) in [5.41, 5.74) is 0. The molecule has 0 unspecified atom stereocenters. The van der Waals surface area contributed by atoms with Crippen LogP contribution in [-0.2, 0) is 8.85 Å². The molecule has 0 saturated heterocycles. The second kappa shape index (κ2) is 29.7. The molecule has 0 aromatic carbocycles. The fraction of sp³-hybridized carbons (Fsp3) is 1.00. The Kier molecular flexibility index (Phi) is 29.8. The van der Waals surface area contributed by atoms with E-state index in [-0.39, 0.29) is 0 Å². The monoisotopic (exact) mass is 527 g/mol. The van der Waals surface area contributed by atoms with Crippen LogP contribution in [0.3, 0.4) is 0 Å². The number of unbranched alkanes of at least 4 members (excludes halogenated alkanes) is 23. The summed E-state index contributed by atoms with van der Waals surface area (Å²) in [5.74, 6) is 0. The zero-order valence-electron chi connectivity index (χ0n) is 25.8. The zero-order valence-corrected chi connectivity index (χ0v) is 26.8. The van der Waals surface area contributed by atoms with E-state index in [0.717, 1.165) is 13.2 Å². The average molecular weight is 527 g/mol. The molecule has 3 heteroatoms. The van der Waals surface area contributed by atoms with Gasteiger partial charge >= 0.3 is 8.56 Å². The topological polar surface area (TPSA) is 18.5 Å². The third-order valence-corrected chi connectivity index (χ3v) is 11.7. The van der Waals surface area contributed by atoms with Crippen molar-refractivity contribution in [2.45, 2.75) is 200 Å². The Hall–Kier alpha value is 0.137. The molecule has 0 aliphatic carbocycles. The van der Waals surface area contributed by atoms with Crippen molar-refractivity contribution in [2.75, 3.05) is 13.2 Å². The summed E-state index contributed by atoms with van der Waals surface area (Å²) in [7, 11) is -1.99. The molecular weight excluding hydrogens is 456 g/mol. The number of hydrogen-bond acceptors (Lipinski definition) is 2. The Morgan fingerprint density at radius 1 is 0.306 bits per heavy atom. The molecule has 0 radical (unpaired) electrons. The molecule has 218 valence electrons. The zero-order chi connectivity index (χ0) is 26.4. The molecule has 0 rings (SSSR count). The van der Waals surface area contributed by atoms with Gasteiger partial charge in [0.25, 0.3) is 0 Å². The fourth-order valence-electron chi connectivity index (χ4n) is 5.63. The average Bonchev–Trinajstić information content (AvgIpc) is 2.88. The van der Waals surface area contributed by atoms with Gasteiger partial charge in [0.05, 0.1) is 0 Å². The first-order valence-corrected chi connectivity index (χ1v) is 19.3. The highest BCUT2D eigenvalue weighted by Crippen LogP contribution is 2.26. The minimum Gasteiger partial charge on any atom is -0.394 e. The number of hydrogen-bond donors (Lipinski definition) is 0. The highest BCUT2D eigenvalue weighted by molar-refractivity contribution is 6.67. The van der Waals surface area contributed by atoms with Crippen molar-refractivity contribution in [1.29, 1.82) is 0 Å². The standard InChI is InChI=1S/C33H70O2Si/c1-5-9-11-13-15-17-18-19-20-21-22-23-25-27-29-31-33-36(34-7-3,35-8-4)32-30-28-26-24-16-14-12-10-6-2/h5-33H2,1-4H3. The molecule has 0 aliphatic heterocycles. The van der Waals surface area contributed by atoms with Gasteiger partial charge in [-0.3, -0.25) is 0 Å². The minimum atomic E-state index is -1.99. The van der Waals surface area contributed by atoms with Crippen LogP contribution in [0.15, 0.2) is 0 Å². The lowest BCUT2D eigenvalue weighted by Gasteiger charge is -2.30. The van der Waals surface area contributed by atoms with Crippen LogP contribution in [0.25, 0.3) is 0 Å². The van der Waals surface area contributed by atoms with Gasteiger partial charge in [-0.1, -0.05) is 174 Å². The molecule has 0 aromatic heterocycles. The normalized spacial score (nSPS) is 12.0. The molecule has 0 amide bonds. The second-order valence-electron chi connectivity index (χ2n) is 11.4. The number of rotatable bonds is 31. The Morgan fingerprint density at radius 3 is 0.750 bits per heavy atom. The van der Waals surface area contributed by atoms with Gasteiger partial charge in [0, 0.05) is 13.2 Å². The van der Waals surface area contributed by atoms with Crippen LogP contribution < -0.4 is 0 Å². The van der Waals surface area contributed by atoms with Crippen molar-refractivity contribution in [3.63, 3.8) is 0 Å². The van der Waals surface area contributed by atoms with Crippen molar-refractivity contribution in [2.24, 2.45) is 0 Å². The fourth-order valence-corrected chi connectivity index (χ4v) is 9.17. The first kappa shape index (κ1) is 36.1. The van der Waals surface area contributed by atoms with Crippen molar-refractivity contribution in [3.8, 4) is 0 Å². The van der Waals surface area contributed by atoms with Gasteiger partial charge in [0.15, 0.2) is 0 Å². The Balaban J connectivity index is 3.76. The highest BCUT2D eigenvalue weighted by Gasteiger charge is 2.35. The van der Waals surface area contributed by atoms with Crippen LogP contribution in [0.5, 0.6) is 0 Å². The van der Waals surface area contributed by atoms with Crippen LogP contribution in [0.1, 0.15) is 188 Å². The van der Waals surface area contributed by atoms with E-state index in [1.165, 1.54) is 173 Å². The van der Waals surface area contributed by atoms with E-state index in [2.05, 4.69) is 27.7 Å². The maximum absolute atomic E-state index is 6.38. The third kappa shape index (κ3) is 24.5. The van der Waals surface area contributed by atoms with E-state index in [1.54, 1.807) is 0 Å². The van der Waals surface area contributed by atoms with E-state index >= 15 is 0 Å². The molecule has 0 aliphatic rings. The predicted molar refractivity (Wildman–Crippen MR) is 165 cm³/mol. The van der Waals surface area contributed by atoms with Crippen molar-refractivity contribution >= 4 is 8.56 Å². The van der Waals surface area contributed by atoms with Crippen LogP contribution in [-0.4, -0.2) is 21.8 Å². The molecule has 36 heavy (non-hydrogen) atoms. The smallest absolute Gasteiger partial charge is 0.338 e. The van der Waals surface area contributed by atoms with Crippen LogP contribution in [0, 0.1) is 0 Å². The molecule has 0 N–H and O–H groups in total. The van der Waals surface area contributed by atoms with Gasteiger partial charge in [-0.15, -0.1) is 0 Å². The van der Waals surface area contributed by atoms with Crippen LogP contribution in [0.4, 0.5) is 0 Å². The Labute approximate surface area is 230 Å². The SMILES string of the molecule is CCCCCCCCCCCCCCCCCC[Si](CCCCCCCCCCC)(OCC)OCC. The summed E-state index contributed by atoms with van der Waals surface area (Å²) < 4.78 is 12.8. The van der Waals surface area contributed by atoms with Gasteiger partial charge < -0.3 is 8.85 Å². The van der Waals surface area contributed by atoms with Gasteiger partial charge in [-0.25, -0.2) is 0 Å². The van der Waals surface area contributed by atoms with Gasteiger partial charge in [-0.05, 0) is 25.9 Å². The maximum atomic E-state index is 6.38. The molecule has 0 aromatic rings. The van der Waals surface area contributed by atoms with Crippen molar-refractivity contribution in [3.05, 3.63) is 0 Å². The quantitative estimate of drug-likeness (QED) is 0.0660. The van der Waals surface area contributed by atoms with E-state index in [4.69, 9.17) is 8.85 Å². The summed E-state index contributed by atoms with van der Waals surface area (Å²) in [6, 6.07) is 2.42. The summed E-state index contributed by atoms with van der Waals surface area (Å²) in [4.78, 5) is 0. The first-order chi connectivity index (χ1) is 17.7. The first-order valence-electron chi connectivity index (χ1n) is 17.0. The lowest BCUT2D eigenvalue weighted by atomic mass is 10.0.